The second kappa shape index (κ2) is 6.02. The Bertz CT molecular complexity index is 287. The first-order valence-corrected chi connectivity index (χ1v) is 7.38. The minimum absolute atomic E-state index is 0.0100. The van der Waals surface area contributed by atoms with E-state index in [1.54, 1.807) is 0 Å². The molecule has 1 amide bonds. The molecule has 0 bridgehead atoms. The predicted octanol–water partition coefficient (Wildman–Crippen LogP) is 1.27. The number of hydrogen-bond acceptors (Lipinski definition) is 3. The fourth-order valence-corrected chi connectivity index (χ4v) is 3.08. The number of nitrogens with zero attached hydrogens (tertiary/aromatic N) is 2. The van der Waals surface area contributed by atoms with E-state index >= 15 is 0 Å². The van der Waals surface area contributed by atoms with Gasteiger partial charge < -0.3 is 9.80 Å². The van der Waals surface area contributed by atoms with E-state index in [2.05, 4.69) is 24.1 Å². The molecule has 0 aromatic carbocycles. The van der Waals surface area contributed by atoms with Crippen LogP contribution >= 0.6 is 0 Å². The van der Waals surface area contributed by atoms with Gasteiger partial charge in [-0.05, 0) is 51.7 Å². The van der Waals surface area contributed by atoms with Gasteiger partial charge >= 0.3 is 0 Å². The van der Waals surface area contributed by atoms with Crippen molar-refractivity contribution in [2.24, 2.45) is 5.92 Å². The maximum absolute atomic E-state index is 12.1. The van der Waals surface area contributed by atoms with E-state index in [9.17, 15) is 4.79 Å². The Morgan fingerprint density at radius 2 is 1.94 bits per heavy atom. The average Bonchev–Trinajstić information content (AvgIpc) is 2.92. The highest BCUT2D eigenvalue weighted by Crippen LogP contribution is 2.18. The van der Waals surface area contributed by atoms with E-state index in [1.807, 2.05) is 11.8 Å². The quantitative estimate of drug-likeness (QED) is 0.801. The molecule has 0 spiro atoms. The highest BCUT2D eigenvalue weighted by atomic mass is 16.2. The summed E-state index contributed by atoms with van der Waals surface area (Å²) in [6.45, 7) is 10.9. The van der Waals surface area contributed by atoms with Crippen molar-refractivity contribution >= 4 is 5.91 Å². The van der Waals surface area contributed by atoms with Gasteiger partial charge in [0.1, 0.15) is 0 Å². The molecule has 0 aromatic heterocycles. The number of likely N-dealkylation sites (tertiary alicyclic amines) is 1. The van der Waals surface area contributed by atoms with Gasteiger partial charge in [0, 0.05) is 6.54 Å². The van der Waals surface area contributed by atoms with Crippen molar-refractivity contribution in [3.05, 3.63) is 0 Å². The smallest absolute Gasteiger partial charge is 0.240 e. The van der Waals surface area contributed by atoms with Crippen molar-refractivity contribution in [2.75, 3.05) is 26.2 Å². The van der Waals surface area contributed by atoms with Crippen molar-refractivity contribution in [1.29, 1.82) is 0 Å². The van der Waals surface area contributed by atoms with Crippen molar-refractivity contribution in [1.82, 2.24) is 15.1 Å². The molecule has 2 aliphatic rings. The summed E-state index contributed by atoms with van der Waals surface area (Å²) in [6, 6.07) is -0.0100. The molecule has 2 aliphatic heterocycles. The van der Waals surface area contributed by atoms with Crippen LogP contribution in [0.5, 0.6) is 0 Å². The van der Waals surface area contributed by atoms with E-state index in [-0.39, 0.29) is 18.1 Å². The Labute approximate surface area is 111 Å². The molecule has 2 heterocycles. The lowest BCUT2D eigenvalue weighted by Gasteiger charge is -2.28. The van der Waals surface area contributed by atoms with Gasteiger partial charge in [-0.1, -0.05) is 13.8 Å². The molecule has 2 rings (SSSR count). The molecule has 0 aromatic rings. The summed E-state index contributed by atoms with van der Waals surface area (Å²) in [6.07, 6.45) is 4.01. The van der Waals surface area contributed by atoms with Crippen LogP contribution in [0.2, 0.25) is 0 Å². The fraction of sp³-hybridized carbons (Fsp3) is 0.929. The second-order valence-corrected chi connectivity index (χ2v) is 6.01. The van der Waals surface area contributed by atoms with Crippen LogP contribution in [0.1, 0.15) is 40.0 Å². The van der Waals surface area contributed by atoms with E-state index in [0.29, 0.717) is 5.92 Å². The van der Waals surface area contributed by atoms with Crippen LogP contribution in [-0.2, 0) is 4.79 Å². The molecule has 4 heteroatoms. The molecule has 4 nitrogen and oxygen atoms in total. The summed E-state index contributed by atoms with van der Waals surface area (Å²) < 4.78 is 0. The monoisotopic (exact) mass is 253 g/mol. The molecule has 0 saturated carbocycles. The van der Waals surface area contributed by atoms with Crippen LogP contribution in [0.4, 0.5) is 0 Å². The van der Waals surface area contributed by atoms with Crippen LogP contribution < -0.4 is 5.32 Å². The highest BCUT2D eigenvalue weighted by molar-refractivity contribution is 5.83. The Balaban J connectivity index is 1.80. The minimum atomic E-state index is -0.0100. The second-order valence-electron chi connectivity index (χ2n) is 6.01. The molecule has 2 fully saturated rings. The topological polar surface area (TPSA) is 35.6 Å². The first kappa shape index (κ1) is 13.8. The van der Waals surface area contributed by atoms with Crippen molar-refractivity contribution in [2.45, 2.75) is 52.2 Å². The van der Waals surface area contributed by atoms with Crippen LogP contribution in [0.3, 0.4) is 0 Å². The zero-order chi connectivity index (χ0) is 13.1. The molecule has 2 atom stereocenters. The zero-order valence-electron chi connectivity index (χ0n) is 12.0. The molecule has 2 unspecified atom stereocenters. The zero-order valence-corrected chi connectivity index (χ0v) is 12.0. The number of nitrogens with one attached hydrogen (secondary N) is 1. The summed E-state index contributed by atoms with van der Waals surface area (Å²) in [5.41, 5.74) is 0. The minimum Gasteiger partial charge on any atom is -0.325 e. The maximum Gasteiger partial charge on any atom is 0.240 e. The maximum atomic E-state index is 12.1. The molecule has 2 saturated heterocycles. The third-order valence-corrected chi connectivity index (χ3v) is 4.11. The number of amides is 1. The van der Waals surface area contributed by atoms with Gasteiger partial charge in [0.05, 0.1) is 12.2 Å². The number of rotatable bonds is 5. The van der Waals surface area contributed by atoms with E-state index in [0.717, 1.165) is 19.5 Å². The van der Waals surface area contributed by atoms with Gasteiger partial charge in [-0.25, -0.2) is 0 Å². The summed E-state index contributed by atoms with van der Waals surface area (Å²) in [5.74, 6) is 0.751. The number of carbonyl (C=O) groups excluding carboxylic acids is 1. The van der Waals surface area contributed by atoms with Gasteiger partial charge in [0.2, 0.25) is 5.91 Å². The van der Waals surface area contributed by atoms with Crippen molar-refractivity contribution < 1.29 is 4.79 Å². The summed E-state index contributed by atoms with van der Waals surface area (Å²) in [4.78, 5) is 16.7. The van der Waals surface area contributed by atoms with Gasteiger partial charge in [-0.15, -0.1) is 0 Å². The van der Waals surface area contributed by atoms with E-state index < -0.39 is 0 Å². The average molecular weight is 253 g/mol. The molecule has 1 N–H and O–H groups in total. The molecular weight excluding hydrogens is 226 g/mol. The Morgan fingerprint density at radius 1 is 1.28 bits per heavy atom. The Hall–Kier alpha value is -0.610. The summed E-state index contributed by atoms with van der Waals surface area (Å²) >= 11 is 0. The summed E-state index contributed by atoms with van der Waals surface area (Å²) in [5, 5.41) is 3.39. The van der Waals surface area contributed by atoms with E-state index in [4.69, 9.17) is 0 Å². The fourth-order valence-electron chi connectivity index (χ4n) is 3.08. The normalized spacial score (nSPS) is 29.8. The molecule has 0 radical (unpaired) electrons. The first-order valence-electron chi connectivity index (χ1n) is 7.38. The van der Waals surface area contributed by atoms with Gasteiger partial charge in [0.15, 0.2) is 0 Å². The van der Waals surface area contributed by atoms with Gasteiger partial charge in [0.25, 0.3) is 0 Å². The largest absolute Gasteiger partial charge is 0.325 e. The SMILES string of the molecule is CC1NC(C(C)C)N(CCCN2CCCC2)C1=O. The third-order valence-electron chi connectivity index (χ3n) is 4.11. The molecule has 0 aliphatic carbocycles. The predicted molar refractivity (Wildman–Crippen MR) is 73.2 cm³/mol. The Morgan fingerprint density at radius 3 is 2.56 bits per heavy atom. The lowest BCUT2D eigenvalue weighted by atomic mass is 10.1. The van der Waals surface area contributed by atoms with Crippen molar-refractivity contribution in [3.63, 3.8) is 0 Å². The first-order chi connectivity index (χ1) is 8.59. The summed E-state index contributed by atoms with van der Waals surface area (Å²) in [7, 11) is 0. The van der Waals surface area contributed by atoms with Crippen LogP contribution in [0, 0.1) is 5.92 Å². The van der Waals surface area contributed by atoms with Crippen molar-refractivity contribution in [3.8, 4) is 0 Å². The Kier molecular flexibility index (Phi) is 4.62. The number of carbonyl (C=O) groups is 1. The highest BCUT2D eigenvalue weighted by Gasteiger charge is 2.37. The van der Waals surface area contributed by atoms with Crippen LogP contribution in [-0.4, -0.2) is 54.1 Å². The van der Waals surface area contributed by atoms with Crippen LogP contribution in [0.15, 0.2) is 0 Å². The third kappa shape index (κ3) is 3.04. The van der Waals surface area contributed by atoms with Gasteiger partial charge in [-0.3, -0.25) is 10.1 Å². The lowest BCUT2D eigenvalue weighted by molar-refractivity contribution is -0.130. The molecule has 18 heavy (non-hydrogen) atoms. The standard InChI is InChI=1S/C14H27N3O/c1-11(2)13-15-12(3)14(18)17(13)10-6-9-16-7-4-5-8-16/h11-13,15H,4-10H2,1-3H3. The lowest BCUT2D eigenvalue weighted by Crippen LogP contribution is -2.42. The molecular formula is C14H27N3O. The van der Waals surface area contributed by atoms with Gasteiger partial charge in [-0.2, -0.15) is 0 Å². The van der Waals surface area contributed by atoms with E-state index in [1.165, 1.54) is 25.9 Å². The number of hydrogen-bond donors (Lipinski definition) is 1. The molecule has 104 valence electrons. The van der Waals surface area contributed by atoms with Crippen LogP contribution in [0.25, 0.3) is 0 Å².